The molecule has 1 aromatic rings. The van der Waals surface area contributed by atoms with Gasteiger partial charge in [-0.2, -0.15) is 0 Å². The van der Waals surface area contributed by atoms with Crippen molar-refractivity contribution in [2.45, 2.75) is 13.0 Å². The van der Waals surface area contributed by atoms with Gasteiger partial charge in [0.05, 0.1) is 10.9 Å². The second kappa shape index (κ2) is 6.69. The first-order valence-corrected chi connectivity index (χ1v) is 5.88. The monoisotopic (exact) mass is 277 g/mol. The average Bonchev–Trinajstić information content (AvgIpc) is 2.26. The van der Waals surface area contributed by atoms with Gasteiger partial charge in [0.15, 0.2) is 0 Å². The van der Waals surface area contributed by atoms with Gasteiger partial charge in [0.1, 0.15) is 18.5 Å². The fourth-order valence-electron chi connectivity index (χ4n) is 1.13. The molecule has 1 unspecified atom stereocenters. The Morgan fingerprint density at radius 1 is 1.59 bits per heavy atom. The molecule has 4 nitrogen and oxygen atoms in total. The molecular weight excluding hydrogens is 265 g/mol. The molecule has 1 aromatic carbocycles. The maximum absolute atomic E-state index is 10.8. The Kier molecular flexibility index (Phi) is 5.55. The molecule has 6 heteroatoms. The lowest BCUT2D eigenvalue weighted by Gasteiger charge is -2.12. The number of benzene rings is 1. The third kappa shape index (κ3) is 4.81. The van der Waals surface area contributed by atoms with Gasteiger partial charge in [-0.15, -0.1) is 11.6 Å². The van der Waals surface area contributed by atoms with E-state index in [-0.39, 0.29) is 18.4 Å². The number of carbonyl (C=O) groups excluding carboxylic acids is 1. The van der Waals surface area contributed by atoms with Gasteiger partial charge in [-0.3, -0.25) is 4.79 Å². The summed E-state index contributed by atoms with van der Waals surface area (Å²) in [5.41, 5.74) is 0.591. The van der Waals surface area contributed by atoms with Gasteiger partial charge in [-0.05, 0) is 18.2 Å². The van der Waals surface area contributed by atoms with Crippen LogP contribution in [0.3, 0.4) is 0 Å². The van der Waals surface area contributed by atoms with Crippen molar-refractivity contribution in [1.82, 2.24) is 0 Å². The Balaban J connectivity index is 2.66. The zero-order chi connectivity index (χ0) is 12.8. The summed E-state index contributed by atoms with van der Waals surface area (Å²) in [5.74, 6) is 0.360. The Morgan fingerprint density at radius 2 is 2.29 bits per heavy atom. The summed E-state index contributed by atoms with van der Waals surface area (Å²) in [4.78, 5) is 10.8. The number of aliphatic hydroxyl groups is 1. The number of aliphatic hydroxyl groups excluding tert-OH is 1. The number of hydrogen-bond acceptors (Lipinski definition) is 3. The third-order valence-corrected chi connectivity index (χ3v) is 2.51. The van der Waals surface area contributed by atoms with E-state index in [1.54, 1.807) is 18.2 Å². The highest BCUT2D eigenvalue weighted by atomic mass is 35.5. The summed E-state index contributed by atoms with van der Waals surface area (Å²) in [6.45, 7) is 1.48. The normalized spacial score (nSPS) is 12.0. The predicted octanol–water partition coefficient (Wildman–Crippen LogP) is 2.28. The quantitative estimate of drug-likeness (QED) is 0.812. The van der Waals surface area contributed by atoms with Crippen LogP contribution in [0.15, 0.2) is 18.2 Å². The summed E-state index contributed by atoms with van der Waals surface area (Å²) in [7, 11) is 0. The van der Waals surface area contributed by atoms with Crippen LogP contribution in [0.4, 0.5) is 5.69 Å². The SMILES string of the molecule is CC(=O)Nc1ccc(OCC(O)CCl)c(Cl)c1. The molecule has 2 N–H and O–H groups in total. The van der Waals surface area contributed by atoms with Crippen LogP contribution in [0, 0.1) is 0 Å². The molecule has 0 fully saturated rings. The van der Waals surface area contributed by atoms with Gasteiger partial charge < -0.3 is 15.2 Å². The summed E-state index contributed by atoms with van der Waals surface area (Å²) in [6.07, 6.45) is -0.734. The van der Waals surface area contributed by atoms with Crippen molar-refractivity contribution in [2.75, 3.05) is 17.8 Å². The third-order valence-electron chi connectivity index (χ3n) is 1.86. The minimum Gasteiger partial charge on any atom is -0.489 e. The number of nitrogens with one attached hydrogen (secondary N) is 1. The van der Waals surface area contributed by atoms with Gasteiger partial charge in [-0.1, -0.05) is 11.6 Å². The highest BCUT2D eigenvalue weighted by Gasteiger charge is 2.07. The molecule has 0 heterocycles. The maximum Gasteiger partial charge on any atom is 0.221 e. The number of ether oxygens (including phenoxy) is 1. The lowest BCUT2D eigenvalue weighted by molar-refractivity contribution is -0.114. The first kappa shape index (κ1) is 14.1. The van der Waals surface area contributed by atoms with E-state index in [4.69, 9.17) is 27.9 Å². The predicted molar refractivity (Wildman–Crippen MR) is 68.0 cm³/mol. The first-order valence-electron chi connectivity index (χ1n) is 4.97. The second-order valence-electron chi connectivity index (χ2n) is 3.45. The lowest BCUT2D eigenvalue weighted by Crippen LogP contribution is -2.19. The highest BCUT2D eigenvalue weighted by Crippen LogP contribution is 2.27. The maximum atomic E-state index is 10.8. The van der Waals surface area contributed by atoms with Crippen LogP contribution in [0.1, 0.15) is 6.92 Å². The summed E-state index contributed by atoms with van der Waals surface area (Å²) in [5, 5.41) is 12.2. The molecule has 0 aliphatic carbocycles. The molecule has 0 aromatic heterocycles. The zero-order valence-corrected chi connectivity index (χ0v) is 10.8. The van der Waals surface area contributed by atoms with Gasteiger partial charge in [0.25, 0.3) is 0 Å². The summed E-state index contributed by atoms with van der Waals surface area (Å²) < 4.78 is 5.27. The molecule has 0 spiro atoms. The van der Waals surface area contributed by atoms with Crippen LogP contribution in [0.2, 0.25) is 5.02 Å². The van der Waals surface area contributed by atoms with E-state index in [1.165, 1.54) is 6.92 Å². The van der Waals surface area contributed by atoms with E-state index in [0.29, 0.717) is 16.5 Å². The largest absolute Gasteiger partial charge is 0.489 e. The number of rotatable bonds is 5. The van der Waals surface area contributed by atoms with Crippen LogP contribution in [0.25, 0.3) is 0 Å². The van der Waals surface area contributed by atoms with E-state index < -0.39 is 6.10 Å². The fourth-order valence-corrected chi connectivity index (χ4v) is 1.45. The van der Waals surface area contributed by atoms with Crippen molar-refractivity contribution in [3.05, 3.63) is 23.2 Å². The standard InChI is InChI=1S/C11H13Cl2NO3/c1-7(15)14-8-2-3-11(10(13)4-8)17-6-9(16)5-12/h2-4,9,16H,5-6H2,1H3,(H,14,15). The van der Waals surface area contributed by atoms with Crippen LogP contribution < -0.4 is 10.1 Å². The topological polar surface area (TPSA) is 58.6 Å². The van der Waals surface area contributed by atoms with Crippen molar-refractivity contribution in [2.24, 2.45) is 0 Å². The zero-order valence-electron chi connectivity index (χ0n) is 9.24. The Morgan fingerprint density at radius 3 is 2.82 bits per heavy atom. The van der Waals surface area contributed by atoms with E-state index in [1.807, 2.05) is 0 Å². The van der Waals surface area contributed by atoms with Crippen molar-refractivity contribution in [3.8, 4) is 5.75 Å². The molecular formula is C11H13Cl2NO3. The Labute approximate surface area is 109 Å². The molecule has 0 aliphatic heterocycles. The fraction of sp³-hybridized carbons (Fsp3) is 0.364. The molecule has 94 valence electrons. The molecule has 0 bridgehead atoms. The van der Waals surface area contributed by atoms with Crippen LogP contribution >= 0.6 is 23.2 Å². The van der Waals surface area contributed by atoms with Crippen molar-refractivity contribution in [3.63, 3.8) is 0 Å². The van der Waals surface area contributed by atoms with Gasteiger partial charge >= 0.3 is 0 Å². The van der Waals surface area contributed by atoms with E-state index in [9.17, 15) is 9.90 Å². The first-order chi connectivity index (χ1) is 8.02. The molecule has 1 rings (SSSR count). The van der Waals surface area contributed by atoms with Crippen molar-refractivity contribution < 1.29 is 14.6 Å². The number of anilines is 1. The second-order valence-corrected chi connectivity index (χ2v) is 4.16. The minimum absolute atomic E-state index is 0.0721. The van der Waals surface area contributed by atoms with Crippen LogP contribution in [-0.4, -0.2) is 29.6 Å². The van der Waals surface area contributed by atoms with E-state index in [0.717, 1.165) is 0 Å². The lowest BCUT2D eigenvalue weighted by atomic mass is 10.3. The summed E-state index contributed by atoms with van der Waals surface area (Å²) in [6, 6.07) is 4.86. The van der Waals surface area contributed by atoms with E-state index in [2.05, 4.69) is 5.32 Å². The summed E-state index contributed by atoms with van der Waals surface area (Å²) >= 11 is 11.4. The van der Waals surface area contributed by atoms with Crippen LogP contribution in [-0.2, 0) is 4.79 Å². The van der Waals surface area contributed by atoms with Gasteiger partial charge in [0.2, 0.25) is 5.91 Å². The number of carbonyl (C=O) groups is 1. The molecule has 0 aliphatic rings. The Bertz CT molecular complexity index is 398. The van der Waals surface area contributed by atoms with Crippen molar-refractivity contribution in [1.29, 1.82) is 0 Å². The molecule has 0 saturated heterocycles. The van der Waals surface area contributed by atoms with Gasteiger partial charge in [-0.25, -0.2) is 0 Å². The van der Waals surface area contributed by atoms with E-state index >= 15 is 0 Å². The van der Waals surface area contributed by atoms with Crippen molar-refractivity contribution >= 4 is 34.8 Å². The molecule has 0 saturated carbocycles. The van der Waals surface area contributed by atoms with Gasteiger partial charge in [0, 0.05) is 12.6 Å². The number of hydrogen-bond donors (Lipinski definition) is 2. The number of amides is 1. The number of halogens is 2. The molecule has 1 atom stereocenters. The molecule has 1 amide bonds. The Hall–Kier alpha value is -0.970. The smallest absolute Gasteiger partial charge is 0.221 e. The highest BCUT2D eigenvalue weighted by molar-refractivity contribution is 6.32. The van der Waals surface area contributed by atoms with Crippen LogP contribution in [0.5, 0.6) is 5.75 Å². The molecule has 17 heavy (non-hydrogen) atoms. The minimum atomic E-state index is -0.734. The molecule has 0 radical (unpaired) electrons. The number of alkyl halides is 1. The average molecular weight is 278 g/mol.